The van der Waals surface area contributed by atoms with E-state index in [1.54, 1.807) is 0 Å². The first-order chi connectivity index (χ1) is 13.7. The van der Waals surface area contributed by atoms with E-state index in [-0.39, 0.29) is 0 Å². The minimum absolute atomic E-state index is 0.435. The van der Waals surface area contributed by atoms with Crippen LogP contribution in [0.1, 0.15) is 30.1 Å². The van der Waals surface area contributed by atoms with Crippen LogP contribution in [-0.4, -0.2) is 42.4 Å². The van der Waals surface area contributed by atoms with Crippen molar-refractivity contribution in [3.63, 3.8) is 0 Å². The number of likely N-dealkylation sites (tertiary alicyclic amines) is 1. The van der Waals surface area contributed by atoms with Crippen LogP contribution in [0.4, 0.5) is 0 Å². The highest BCUT2D eigenvalue weighted by molar-refractivity contribution is 5.64. The van der Waals surface area contributed by atoms with Crippen LogP contribution < -0.4 is 0 Å². The molecule has 0 bridgehead atoms. The third kappa shape index (κ3) is 3.43. The van der Waals surface area contributed by atoms with E-state index in [4.69, 9.17) is 10.1 Å². The van der Waals surface area contributed by atoms with Crippen molar-refractivity contribution in [2.45, 2.75) is 25.3 Å². The van der Waals surface area contributed by atoms with Gasteiger partial charge in [0.15, 0.2) is 11.5 Å². The smallest absolute Gasteiger partial charge is 0.155 e. The lowest BCUT2D eigenvalue weighted by Crippen LogP contribution is -2.32. The summed E-state index contributed by atoms with van der Waals surface area (Å²) in [6.07, 6.45) is 8.34. The molecular weight excluding hydrogens is 348 g/mol. The van der Waals surface area contributed by atoms with Crippen molar-refractivity contribution in [3.05, 3.63) is 72.4 Å². The molecule has 1 aliphatic heterocycles. The van der Waals surface area contributed by atoms with Gasteiger partial charge in [0.1, 0.15) is 0 Å². The highest BCUT2D eigenvalue weighted by Gasteiger charge is 2.24. The molecule has 3 aromatic heterocycles. The monoisotopic (exact) mass is 372 g/mol. The van der Waals surface area contributed by atoms with Crippen molar-refractivity contribution in [2.24, 2.45) is 7.05 Å². The largest absolute Gasteiger partial charge is 0.299 e. The third-order valence-electron chi connectivity index (χ3n) is 5.57. The number of nitrogens with zero attached hydrogens (tertiary/aromatic N) is 6. The van der Waals surface area contributed by atoms with Gasteiger partial charge < -0.3 is 0 Å². The molecule has 0 saturated carbocycles. The van der Waals surface area contributed by atoms with Crippen LogP contribution >= 0.6 is 0 Å². The fourth-order valence-corrected chi connectivity index (χ4v) is 4.04. The van der Waals surface area contributed by atoms with Crippen LogP contribution in [0, 0.1) is 0 Å². The van der Waals surface area contributed by atoms with Crippen LogP contribution in [0.3, 0.4) is 0 Å². The van der Waals surface area contributed by atoms with Crippen molar-refractivity contribution in [2.75, 3.05) is 13.1 Å². The lowest BCUT2D eigenvalue weighted by atomic mass is 9.96. The first-order valence-corrected chi connectivity index (χ1v) is 9.86. The molecule has 6 nitrogen and oxygen atoms in total. The van der Waals surface area contributed by atoms with Crippen molar-refractivity contribution < 1.29 is 0 Å². The second-order valence-electron chi connectivity index (χ2n) is 7.63. The molecule has 0 N–H and O–H groups in total. The summed E-state index contributed by atoms with van der Waals surface area (Å²) in [7, 11) is 1.97. The molecule has 4 aromatic rings. The van der Waals surface area contributed by atoms with Gasteiger partial charge in [-0.15, -0.1) is 0 Å². The highest BCUT2D eigenvalue weighted by Crippen LogP contribution is 2.27. The fourth-order valence-electron chi connectivity index (χ4n) is 4.04. The van der Waals surface area contributed by atoms with E-state index in [1.165, 1.54) is 11.1 Å². The Hall–Kier alpha value is -2.99. The van der Waals surface area contributed by atoms with Crippen LogP contribution in [0.5, 0.6) is 0 Å². The summed E-state index contributed by atoms with van der Waals surface area (Å²) in [5, 5.41) is 9.07. The van der Waals surface area contributed by atoms with Crippen molar-refractivity contribution in [1.29, 1.82) is 0 Å². The molecule has 1 saturated heterocycles. The Morgan fingerprint density at radius 2 is 1.79 bits per heavy atom. The number of benzene rings is 1. The molecule has 1 aromatic carbocycles. The van der Waals surface area contributed by atoms with Crippen LogP contribution in [0.2, 0.25) is 0 Å². The maximum absolute atomic E-state index is 4.81. The standard InChI is InChI=1S/C22H24N6/c1-26-14-17(13-23-26)15-27-11-9-19(10-12-27)22-24-21-8-7-20(16-28(21)25-22)18-5-3-2-4-6-18/h2-8,13-14,16,19H,9-12,15H2,1H3. The zero-order valence-corrected chi connectivity index (χ0v) is 16.1. The molecule has 0 spiro atoms. The Morgan fingerprint density at radius 1 is 0.964 bits per heavy atom. The maximum atomic E-state index is 4.81. The zero-order valence-electron chi connectivity index (χ0n) is 16.1. The second-order valence-corrected chi connectivity index (χ2v) is 7.63. The van der Waals surface area contributed by atoms with Gasteiger partial charge in [-0.25, -0.2) is 9.50 Å². The minimum Gasteiger partial charge on any atom is -0.299 e. The van der Waals surface area contributed by atoms with E-state index in [9.17, 15) is 0 Å². The average molecular weight is 372 g/mol. The van der Waals surface area contributed by atoms with Gasteiger partial charge >= 0.3 is 0 Å². The Labute approximate surface area is 164 Å². The molecule has 0 radical (unpaired) electrons. The predicted molar refractivity (Wildman–Crippen MR) is 109 cm³/mol. The number of aryl methyl sites for hydroxylation is 1. The van der Waals surface area contributed by atoms with E-state index in [2.05, 4.69) is 58.8 Å². The highest BCUT2D eigenvalue weighted by atomic mass is 15.3. The summed E-state index contributed by atoms with van der Waals surface area (Å²) in [4.78, 5) is 7.30. The van der Waals surface area contributed by atoms with Gasteiger partial charge in [-0.05, 0) is 43.6 Å². The van der Waals surface area contributed by atoms with E-state index >= 15 is 0 Å². The van der Waals surface area contributed by atoms with Crippen molar-refractivity contribution in [3.8, 4) is 11.1 Å². The Balaban J connectivity index is 1.29. The lowest BCUT2D eigenvalue weighted by molar-refractivity contribution is 0.202. The van der Waals surface area contributed by atoms with Gasteiger partial charge in [-0.1, -0.05) is 30.3 Å². The van der Waals surface area contributed by atoms with Gasteiger partial charge in [0.05, 0.1) is 6.20 Å². The summed E-state index contributed by atoms with van der Waals surface area (Å²) >= 11 is 0. The summed E-state index contributed by atoms with van der Waals surface area (Å²) in [5.74, 6) is 1.41. The quantitative estimate of drug-likeness (QED) is 0.550. The van der Waals surface area contributed by atoms with Crippen molar-refractivity contribution in [1.82, 2.24) is 29.3 Å². The third-order valence-corrected chi connectivity index (χ3v) is 5.57. The number of fused-ring (bicyclic) bond motifs is 1. The number of rotatable bonds is 4. The lowest BCUT2D eigenvalue weighted by Gasteiger charge is -2.30. The SMILES string of the molecule is Cn1cc(CN2CCC(c3nc4ccc(-c5ccccc5)cn4n3)CC2)cn1. The summed E-state index contributed by atoms with van der Waals surface area (Å²) in [5.41, 5.74) is 4.56. The number of aromatic nitrogens is 5. The number of hydrogen-bond acceptors (Lipinski definition) is 4. The van der Waals surface area contributed by atoms with E-state index in [0.717, 1.165) is 49.5 Å². The van der Waals surface area contributed by atoms with Gasteiger partial charge in [-0.2, -0.15) is 10.2 Å². The topological polar surface area (TPSA) is 51.2 Å². The molecule has 0 amide bonds. The molecule has 4 heterocycles. The predicted octanol–water partition coefficient (Wildman–Crippen LogP) is 3.51. The Morgan fingerprint density at radius 3 is 2.54 bits per heavy atom. The van der Waals surface area contributed by atoms with E-state index < -0.39 is 0 Å². The molecular formula is C22H24N6. The first kappa shape index (κ1) is 17.1. The molecule has 142 valence electrons. The summed E-state index contributed by atoms with van der Waals surface area (Å²) in [6, 6.07) is 14.6. The average Bonchev–Trinajstić information content (AvgIpc) is 3.34. The number of hydrogen-bond donors (Lipinski definition) is 0. The van der Waals surface area contributed by atoms with Gasteiger partial charge in [0.25, 0.3) is 0 Å². The van der Waals surface area contributed by atoms with Crippen LogP contribution in [-0.2, 0) is 13.6 Å². The molecule has 0 atom stereocenters. The maximum Gasteiger partial charge on any atom is 0.155 e. The zero-order chi connectivity index (χ0) is 18.9. The summed E-state index contributed by atoms with van der Waals surface area (Å²) in [6.45, 7) is 3.12. The molecule has 6 heteroatoms. The molecule has 0 aliphatic carbocycles. The Kier molecular flexibility index (Phi) is 4.41. The van der Waals surface area contributed by atoms with Crippen molar-refractivity contribution >= 4 is 5.65 Å². The normalized spacial score (nSPS) is 16.0. The molecule has 5 rings (SSSR count). The van der Waals surface area contributed by atoms with Crippen LogP contribution in [0.15, 0.2) is 61.1 Å². The number of pyridine rings is 1. The molecule has 1 aliphatic rings. The number of piperidine rings is 1. The van der Waals surface area contributed by atoms with E-state index in [1.807, 2.05) is 28.5 Å². The van der Waals surface area contributed by atoms with Crippen LogP contribution in [0.25, 0.3) is 16.8 Å². The fraction of sp³-hybridized carbons (Fsp3) is 0.318. The van der Waals surface area contributed by atoms with E-state index in [0.29, 0.717) is 5.92 Å². The van der Waals surface area contributed by atoms with Gasteiger partial charge in [0.2, 0.25) is 0 Å². The Bertz CT molecular complexity index is 1070. The molecule has 1 fully saturated rings. The second kappa shape index (κ2) is 7.20. The summed E-state index contributed by atoms with van der Waals surface area (Å²) < 4.78 is 3.80. The minimum atomic E-state index is 0.435. The molecule has 28 heavy (non-hydrogen) atoms. The van der Waals surface area contributed by atoms with Gasteiger partial charge in [-0.3, -0.25) is 9.58 Å². The first-order valence-electron chi connectivity index (χ1n) is 9.86. The van der Waals surface area contributed by atoms with Gasteiger partial charge in [0, 0.05) is 43.0 Å². The molecule has 0 unspecified atom stereocenters.